The monoisotopic (exact) mass is 332 g/mol. The Morgan fingerprint density at radius 3 is 2.23 bits per heavy atom. The van der Waals surface area contributed by atoms with Crippen molar-refractivity contribution in [1.82, 2.24) is 0 Å². The second-order valence-electron chi connectivity index (χ2n) is 4.14. The van der Waals surface area contributed by atoms with Crippen molar-refractivity contribution >= 4 is 34.6 Å². The molecule has 0 heterocycles. The number of benzene rings is 1. The van der Waals surface area contributed by atoms with E-state index in [4.69, 9.17) is 22.4 Å². The molecule has 0 saturated carbocycles. The number of carbonyl (C=O) groups excluding carboxylic acids is 1. The number of alkyl halides is 1. The highest BCUT2D eigenvalue weighted by atomic mass is 35.5. The summed E-state index contributed by atoms with van der Waals surface area (Å²) in [6.45, 7) is -0.181. The molecule has 3 N–H and O–H groups in total. The number of hydrogen-bond donors (Lipinski definition) is 2. The summed E-state index contributed by atoms with van der Waals surface area (Å²) in [5.74, 6) is -0.988. The molecule has 120 valence electrons. The van der Waals surface area contributed by atoms with Gasteiger partial charge in [0.25, 0.3) is 17.3 Å². The molecule has 0 saturated heterocycles. The highest BCUT2D eigenvalue weighted by molar-refractivity contribution is 6.18. The molecule has 1 aromatic carbocycles. The fraction of sp³-hybridized carbons (Fsp3) is 0.364. The number of nitro groups is 2. The summed E-state index contributed by atoms with van der Waals surface area (Å²) >= 11 is 5.60. The van der Waals surface area contributed by atoms with Crippen LogP contribution in [0.5, 0.6) is 0 Å². The van der Waals surface area contributed by atoms with Crippen LogP contribution in [0.25, 0.3) is 0 Å². The molecule has 1 aromatic rings. The van der Waals surface area contributed by atoms with Gasteiger partial charge in [0.05, 0.1) is 22.5 Å². The van der Waals surface area contributed by atoms with Crippen LogP contribution in [-0.2, 0) is 0 Å². The van der Waals surface area contributed by atoms with Crippen LogP contribution in [0, 0.1) is 20.2 Å². The van der Waals surface area contributed by atoms with Crippen LogP contribution in [0.2, 0.25) is 0 Å². The van der Waals surface area contributed by atoms with E-state index in [9.17, 15) is 25.0 Å². The Bertz CT molecular complexity index is 602. The molecule has 0 fully saturated rings. The smallest absolute Gasteiger partial charge is 0.299 e. The Kier molecular flexibility index (Phi) is 6.01. The van der Waals surface area contributed by atoms with Crippen LogP contribution in [0.15, 0.2) is 12.1 Å². The number of carbonyl (C=O) groups is 1. The van der Waals surface area contributed by atoms with Crippen LogP contribution in [0.4, 0.5) is 17.1 Å². The van der Waals surface area contributed by atoms with Crippen molar-refractivity contribution < 1.29 is 19.7 Å². The summed E-state index contributed by atoms with van der Waals surface area (Å²) in [6.07, 6.45) is 0. The topological polar surface area (TPSA) is 153 Å². The Morgan fingerprint density at radius 2 is 1.82 bits per heavy atom. The largest absolute Gasteiger partial charge is 0.395 e. The van der Waals surface area contributed by atoms with Gasteiger partial charge in [0, 0.05) is 19.0 Å². The van der Waals surface area contributed by atoms with Gasteiger partial charge >= 0.3 is 0 Å². The molecule has 0 atom stereocenters. The van der Waals surface area contributed by atoms with Crippen molar-refractivity contribution in [3.8, 4) is 0 Å². The maximum absolute atomic E-state index is 11.4. The summed E-state index contributed by atoms with van der Waals surface area (Å²) in [7, 11) is 0. The molecule has 0 aliphatic heterocycles. The summed E-state index contributed by atoms with van der Waals surface area (Å²) in [6, 6.07) is 1.65. The zero-order valence-corrected chi connectivity index (χ0v) is 12.0. The predicted octanol–water partition coefficient (Wildman–Crippen LogP) is 0.639. The number of primary amides is 1. The molecular weight excluding hydrogens is 320 g/mol. The van der Waals surface area contributed by atoms with Crippen LogP contribution >= 0.6 is 11.6 Å². The minimum absolute atomic E-state index is 0.00354. The number of rotatable bonds is 8. The molecule has 0 aliphatic rings. The zero-order valence-electron chi connectivity index (χ0n) is 11.3. The lowest BCUT2D eigenvalue weighted by molar-refractivity contribution is -0.393. The molecule has 0 spiro atoms. The summed E-state index contributed by atoms with van der Waals surface area (Å²) in [4.78, 5) is 33.0. The first-order valence-corrected chi connectivity index (χ1v) is 6.55. The van der Waals surface area contributed by atoms with Gasteiger partial charge in [0.15, 0.2) is 0 Å². The Morgan fingerprint density at radius 1 is 1.23 bits per heavy atom. The van der Waals surface area contributed by atoms with E-state index in [2.05, 4.69) is 0 Å². The maximum atomic E-state index is 11.4. The van der Waals surface area contributed by atoms with E-state index in [0.29, 0.717) is 6.07 Å². The highest BCUT2D eigenvalue weighted by Crippen LogP contribution is 2.35. The number of nitrogens with zero attached hydrogens (tertiary/aromatic N) is 3. The van der Waals surface area contributed by atoms with Gasteiger partial charge in [-0.2, -0.15) is 0 Å². The van der Waals surface area contributed by atoms with E-state index < -0.39 is 32.7 Å². The van der Waals surface area contributed by atoms with Crippen molar-refractivity contribution in [3.05, 3.63) is 37.9 Å². The predicted molar refractivity (Wildman–Crippen MR) is 78.3 cm³/mol. The van der Waals surface area contributed by atoms with Gasteiger partial charge in [-0.3, -0.25) is 25.0 Å². The number of nitro benzene ring substituents is 2. The molecule has 0 radical (unpaired) electrons. The molecule has 22 heavy (non-hydrogen) atoms. The van der Waals surface area contributed by atoms with E-state index in [1.807, 2.05) is 0 Å². The lowest BCUT2D eigenvalue weighted by atomic mass is 10.1. The summed E-state index contributed by atoms with van der Waals surface area (Å²) in [5, 5.41) is 31.1. The number of nitrogens with two attached hydrogens (primary N) is 1. The first-order chi connectivity index (χ1) is 10.3. The lowest BCUT2D eigenvalue weighted by Crippen LogP contribution is -2.30. The van der Waals surface area contributed by atoms with E-state index in [1.165, 1.54) is 4.90 Å². The Balaban J connectivity index is 3.59. The molecule has 1 amide bonds. The third-order valence-electron chi connectivity index (χ3n) is 2.82. The molecular formula is C11H13ClN4O6. The van der Waals surface area contributed by atoms with Gasteiger partial charge in [-0.15, -0.1) is 11.6 Å². The number of halogens is 1. The SMILES string of the molecule is NC(=O)c1cc(N(CCO)CCCl)c([N+](=O)[O-])cc1[N+](=O)[O-]. The molecule has 0 aromatic heterocycles. The van der Waals surface area contributed by atoms with Crippen LogP contribution in [0.1, 0.15) is 10.4 Å². The van der Waals surface area contributed by atoms with Crippen molar-refractivity contribution in [1.29, 1.82) is 0 Å². The second-order valence-corrected chi connectivity index (χ2v) is 4.51. The number of hydrogen-bond acceptors (Lipinski definition) is 7. The maximum Gasteiger partial charge on any atom is 0.299 e. The number of anilines is 1. The molecule has 0 aliphatic carbocycles. The van der Waals surface area contributed by atoms with Gasteiger partial charge in [0.1, 0.15) is 11.3 Å². The Hall–Kier alpha value is -2.46. The first-order valence-electron chi connectivity index (χ1n) is 6.01. The van der Waals surface area contributed by atoms with Gasteiger partial charge in [-0.05, 0) is 6.07 Å². The highest BCUT2D eigenvalue weighted by Gasteiger charge is 2.29. The first kappa shape index (κ1) is 17.6. The van der Waals surface area contributed by atoms with Crippen LogP contribution in [-0.4, -0.2) is 46.4 Å². The fourth-order valence-corrected chi connectivity index (χ4v) is 2.09. The van der Waals surface area contributed by atoms with Gasteiger partial charge in [-0.25, -0.2) is 0 Å². The summed E-state index contributed by atoms with van der Waals surface area (Å²) < 4.78 is 0. The van der Waals surface area contributed by atoms with E-state index in [1.54, 1.807) is 0 Å². The molecule has 0 unspecified atom stereocenters. The Labute approximate surface area is 129 Å². The third-order valence-corrected chi connectivity index (χ3v) is 2.99. The average molecular weight is 333 g/mol. The third kappa shape index (κ3) is 3.80. The van der Waals surface area contributed by atoms with Gasteiger partial charge in [-0.1, -0.05) is 0 Å². The van der Waals surface area contributed by atoms with Crippen molar-refractivity contribution in [2.45, 2.75) is 0 Å². The van der Waals surface area contributed by atoms with Crippen molar-refractivity contribution in [2.24, 2.45) is 5.73 Å². The van der Waals surface area contributed by atoms with E-state index in [-0.39, 0.29) is 31.3 Å². The zero-order chi connectivity index (χ0) is 16.9. The van der Waals surface area contributed by atoms with E-state index >= 15 is 0 Å². The minimum Gasteiger partial charge on any atom is -0.395 e. The molecule has 10 nitrogen and oxygen atoms in total. The van der Waals surface area contributed by atoms with Crippen molar-refractivity contribution in [3.63, 3.8) is 0 Å². The molecule has 0 bridgehead atoms. The number of aliphatic hydroxyl groups is 1. The quantitative estimate of drug-likeness (QED) is 0.402. The molecule has 1 rings (SSSR count). The average Bonchev–Trinajstić information content (AvgIpc) is 2.45. The number of aliphatic hydroxyl groups excluding tert-OH is 1. The lowest BCUT2D eigenvalue weighted by Gasteiger charge is -2.22. The normalized spacial score (nSPS) is 10.3. The van der Waals surface area contributed by atoms with Crippen LogP contribution in [0.3, 0.4) is 0 Å². The fourth-order valence-electron chi connectivity index (χ4n) is 1.89. The van der Waals surface area contributed by atoms with E-state index in [0.717, 1.165) is 6.07 Å². The van der Waals surface area contributed by atoms with Gasteiger partial charge < -0.3 is 15.7 Å². The van der Waals surface area contributed by atoms with Gasteiger partial charge in [0.2, 0.25) is 0 Å². The van der Waals surface area contributed by atoms with Crippen LogP contribution < -0.4 is 10.6 Å². The second kappa shape index (κ2) is 7.52. The number of amides is 1. The molecule has 11 heteroatoms. The van der Waals surface area contributed by atoms with Crippen molar-refractivity contribution in [2.75, 3.05) is 30.5 Å². The standard InChI is InChI=1S/C11H13ClN4O6/c12-1-2-14(3-4-17)9-5-7(11(13)18)8(15(19)20)6-10(9)16(21)22/h5-6,17H,1-4H2,(H2,13,18). The minimum atomic E-state index is -1.09. The summed E-state index contributed by atoms with van der Waals surface area (Å²) in [5.41, 5.74) is 3.24.